The third-order valence-electron chi connectivity index (χ3n) is 3.89. The molecule has 21 heavy (non-hydrogen) atoms. The molecule has 1 aromatic rings. The van der Waals surface area contributed by atoms with Crippen LogP contribution in [0.2, 0.25) is 5.02 Å². The van der Waals surface area contributed by atoms with Gasteiger partial charge in [-0.1, -0.05) is 23.7 Å². The molecule has 0 aromatic heterocycles. The summed E-state index contributed by atoms with van der Waals surface area (Å²) >= 11 is 6.10. The van der Waals surface area contributed by atoms with Crippen LogP contribution in [0.4, 0.5) is 0 Å². The van der Waals surface area contributed by atoms with E-state index < -0.39 is 0 Å². The lowest BCUT2D eigenvalue weighted by Crippen LogP contribution is -2.57. The number of hydrogen-bond acceptors (Lipinski definition) is 4. The molecule has 1 heterocycles. The highest BCUT2D eigenvalue weighted by molar-refractivity contribution is 6.30. The quantitative estimate of drug-likeness (QED) is 0.673. The normalized spacial score (nSPS) is 16.7. The largest absolute Gasteiger partial charge is 0.382 e. The van der Waals surface area contributed by atoms with Gasteiger partial charge in [-0.3, -0.25) is 0 Å². The van der Waals surface area contributed by atoms with Crippen LogP contribution in [0.15, 0.2) is 24.3 Å². The summed E-state index contributed by atoms with van der Waals surface area (Å²) in [6.45, 7) is 5.21. The zero-order chi connectivity index (χ0) is 15.0. The monoisotopic (exact) mass is 313 g/mol. The average molecular weight is 314 g/mol. The highest BCUT2D eigenvalue weighted by atomic mass is 35.5. The van der Waals surface area contributed by atoms with Gasteiger partial charge in [0.1, 0.15) is 0 Å². The molecule has 0 unspecified atom stereocenters. The maximum atomic E-state index is 6.10. The van der Waals surface area contributed by atoms with Crippen molar-refractivity contribution in [2.24, 2.45) is 0 Å². The minimum atomic E-state index is 0.168. The summed E-state index contributed by atoms with van der Waals surface area (Å²) < 4.78 is 15.9. The summed E-state index contributed by atoms with van der Waals surface area (Å²) in [6.07, 6.45) is 0.998. The molecule has 0 radical (unpaired) electrons. The molecule has 0 aliphatic carbocycles. The Balaban J connectivity index is 1.68. The molecule has 1 fully saturated rings. The summed E-state index contributed by atoms with van der Waals surface area (Å²) in [5.74, 6) is 0. The predicted molar refractivity (Wildman–Crippen MR) is 84.1 cm³/mol. The number of ether oxygens (including phenoxy) is 3. The molecule has 5 heteroatoms. The maximum absolute atomic E-state index is 6.10. The third-order valence-corrected chi connectivity index (χ3v) is 4.13. The van der Waals surface area contributed by atoms with Gasteiger partial charge in [-0.2, -0.15) is 0 Å². The topological polar surface area (TPSA) is 39.7 Å². The Labute approximate surface area is 131 Å². The number of benzene rings is 1. The summed E-state index contributed by atoms with van der Waals surface area (Å²) in [4.78, 5) is 0. The van der Waals surface area contributed by atoms with Gasteiger partial charge in [0.2, 0.25) is 0 Å². The number of halogens is 1. The van der Waals surface area contributed by atoms with Crippen molar-refractivity contribution in [2.75, 3.05) is 53.2 Å². The van der Waals surface area contributed by atoms with Gasteiger partial charge < -0.3 is 19.5 Å². The van der Waals surface area contributed by atoms with Crippen molar-refractivity contribution in [1.82, 2.24) is 5.32 Å². The van der Waals surface area contributed by atoms with Crippen molar-refractivity contribution in [3.05, 3.63) is 34.9 Å². The first-order valence-corrected chi connectivity index (χ1v) is 7.76. The van der Waals surface area contributed by atoms with Crippen molar-refractivity contribution in [2.45, 2.75) is 11.8 Å². The van der Waals surface area contributed by atoms with E-state index >= 15 is 0 Å². The Hall–Kier alpha value is -0.650. The summed E-state index contributed by atoms with van der Waals surface area (Å²) in [5, 5.41) is 4.16. The molecule has 0 amide bonds. The van der Waals surface area contributed by atoms with E-state index in [0.29, 0.717) is 26.4 Å². The van der Waals surface area contributed by atoms with Gasteiger partial charge in [-0.25, -0.2) is 0 Å². The highest BCUT2D eigenvalue weighted by Crippen LogP contribution is 2.33. The molecule has 0 spiro atoms. The highest BCUT2D eigenvalue weighted by Gasteiger charge is 2.38. The lowest BCUT2D eigenvalue weighted by atomic mass is 9.73. The van der Waals surface area contributed by atoms with Crippen molar-refractivity contribution in [3.8, 4) is 0 Å². The predicted octanol–water partition coefficient (Wildman–Crippen LogP) is 2.25. The van der Waals surface area contributed by atoms with Crippen LogP contribution >= 0.6 is 11.6 Å². The molecule has 118 valence electrons. The second kappa shape index (κ2) is 8.71. The van der Waals surface area contributed by atoms with Gasteiger partial charge in [0, 0.05) is 37.2 Å². The van der Waals surface area contributed by atoms with Crippen LogP contribution in [-0.2, 0) is 19.6 Å². The Morgan fingerprint density at radius 3 is 2.43 bits per heavy atom. The molecular formula is C16H24ClNO3. The number of nitrogens with one attached hydrogen (secondary N) is 1. The molecule has 1 saturated heterocycles. The minimum absolute atomic E-state index is 0.168. The summed E-state index contributed by atoms with van der Waals surface area (Å²) in [6, 6.07) is 8.15. The van der Waals surface area contributed by atoms with E-state index in [-0.39, 0.29) is 5.41 Å². The molecule has 1 N–H and O–H groups in total. The molecule has 0 saturated carbocycles. The van der Waals surface area contributed by atoms with Gasteiger partial charge in [0.05, 0.1) is 26.4 Å². The first-order valence-electron chi connectivity index (χ1n) is 7.38. The average Bonchev–Trinajstić information content (AvgIpc) is 2.44. The lowest BCUT2D eigenvalue weighted by Gasteiger charge is -2.43. The number of methoxy groups -OCH3 is 1. The van der Waals surface area contributed by atoms with E-state index in [2.05, 4.69) is 17.4 Å². The van der Waals surface area contributed by atoms with E-state index in [1.54, 1.807) is 7.11 Å². The van der Waals surface area contributed by atoms with Crippen LogP contribution in [0.1, 0.15) is 12.0 Å². The summed E-state index contributed by atoms with van der Waals surface area (Å²) in [5.41, 5.74) is 1.47. The number of rotatable bonds is 10. The van der Waals surface area contributed by atoms with Gasteiger partial charge in [0.15, 0.2) is 0 Å². The number of hydrogen-bond donors (Lipinski definition) is 1. The maximum Gasteiger partial charge on any atom is 0.0701 e. The van der Waals surface area contributed by atoms with Gasteiger partial charge in [0.25, 0.3) is 0 Å². The van der Waals surface area contributed by atoms with Crippen LogP contribution in [0, 0.1) is 0 Å². The van der Waals surface area contributed by atoms with E-state index in [0.717, 1.165) is 31.1 Å². The fourth-order valence-corrected chi connectivity index (χ4v) is 2.69. The molecule has 0 atom stereocenters. The van der Waals surface area contributed by atoms with Crippen molar-refractivity contribution in [1.29, 1.82) is 0 Å². The van der Waals surface area contributed by atoms with Crippen LogP contribution < -0.4 is 5.32 Å². The minimum Gasteiger partial charge on any atom is -0.382 e. The fraction of sp³-hybridized carbons (Fsp3) is 0.625. The molecule has 2 rings (SSSR count). The first-order chi connectivity index (χ1) is 10.3. The zero-order valence-corrected chi connectivity index (χ0v) is 13.3. The zero-order valence-electron chi connectivity index (χ0n) is 12.6. The van der Waals surface area contributed by atoms with Gasteiger partial charge >= 0.3 is 0 Å². The van der Waals surface area contributed by atoms with E-state index in [1.807, 2.05) is 12.1 Å². The second-order valence-electron chi connectivity index (χ2n) is 5.36. The third kappa shape index (κ3) is 4.94. The Bertz CT molecular complexity index is 424. The molecule has 1 aliphatic heterocycles. The smallest absolute Gasteiger partial charge is 0.0701 e. The van der Waals surface area contributed by atoms with Gasteiger partial charge in [-0.05, 0) is 24.1 Å². The van der Waals surface area contributed by atoms with Crippen molar-refractivity contribution in [3.63, 3.8) is 0 Å². The van der Waals surface area contributed by atoms with Gasteiger partial charge in [-0.15, -0.1) is 0 Å². The Kier molecular flexibility index (Phi) is 6.93. The molecular weight excluding hydrogens is 290 g/mol. The molecule has 1 aromatic carbocycles. The van der Waals surface area contributed by atoms with E-state index in [4.69, 9.17) is 25.8 Å². The summed E-state index contributed by atoms with van der Waals surface area (Å²) in [7, 11) is 1.67. The lowest BCUT2D eigenvalue weighted by molar-refractivity contribution is 0.0182. The van der Waals surface area contributed by atoms with Crippen molar-refractivity contribution >= 4 is 11.6 Å². The SMILES string of the molecule is COCCOCCOCCC1(c2cccc(Cl)c2)CNC1. The Morgan fingerprint density at radius 2 is 1.81 bits per heavy atom. The second-order valence-corrected chi connectivity index (χ2v) is 5.80. The van der Waals surface area contributed by atoms with E-state index in [9.17, 15) is 0 Å². The molecule has 4 nitrogen and oxygen atoms in total. The standard InChI is InChI=1S/C16H24ClNO3/c1-19-7-8-21-10-9-20-6-5-16(12-18-13-16)14-3-2-4-15(17)11-14/h2-4,11,18H,5-10,12-13H2,1H3. The molecule has 1 aliphatic rings. The van der Waals surface area contributed by atoms with Crippen LogP contribution in [-0.4, -0.2) is 53.2 Å². The van der Waals surface area contributed by atoms with Crippen LogP contribution in [0.3, 0.4) is 0 Å². The Morgan fingerprint density at radius 1 is 1.10 bits per heavy atom. The van der Waals surface area contributed by atoms with E-state index in [1.165, 1.54) is 5.56 Å². The molecule has 0 bridgehead atoms. The van der Waals surface area contributed by atoms with Crippen LogP contribution in [0.5, 0.6) is 0 Å². The van der Waals surface area contributed by atoms with Crippen molar-refractivity contribution < 1.29 is 14.2 Å². The van der Waals surface area contributed by atoms with Crippen LogP contribution in [0.25, 0.3) is 0 Å². The first kappa shape index (κ1) is 16.7. The fourth-order valence-electron chi connectivity index (χ4n) is 2.50.